The molecule has 1 aliphatic rings. The van der Waals surface area contributed by atoms with Crippen molar-refractivity contribution >= 4 is 23.4 Å². The quantitative estimate of drug-likeness (QED) is 0.614. The van der Waals surface area contributed by atoms with Crippen molar-refractivity contribution < 1.29 is 9.53 Å². The number of nitrogens with zero attached hydrogens (tertiary/aromatic N) is 5. The summed E-state index contributed by atoms with van der Waals surface area (Å²) in [6, 6.07) is 9.75. The van der Waals surface area contributed by atoms with Gasteiger partial charge in [-0.3, -0.25) is 4.79 Å². The number of carbonyl (C=O) groups excluding carboxylic acids is 1. The van der Waals surface area contributed by atoms with Crippen LogP contribution >= 0.6 is 11.8 Å². The molecule has 29 heavy (non-hydrogen) atoms. The molecule has 1 aliphatic heterocycles. The number of fused-ring (bicyclic) bond motifs is 1. The van der Waals surface area contributed by atoms with E-state index in [0.717, 1.165) is 22.5 Å². The topological polar surface area (TPSA) is 72.6 Å². The molecule has 1 saturated heterocycles. The van der Waals surface area contributed by atoms with Crippen LogP contribution in [0.25, 0.3) is 5.78 Å². The van der Waals surface area contributed by atoms with Crippen LogP contribution in [-0.4, -0.2) is 55.7 Å². The maximum Gasteiger partial charge on any atom is 0.254 e. The molecule has 1 aromatic carbocycles. The molecule has 2 unspecified atom stereocenters. The van der Waals surface area contributed by atoms with Gasteiger partial charge in [0.15, 0.2) is 0 Å². The number of carbonyl (C=O) groups is 1. The number of ether oxygens (including phenoxy) is 1. The first kappa shape index (κ1) is 19.8. The summed E-state index contributed by atoms with van der Waals surface area (Å²) in [7, 11) is 0. The second kappa shape index (κ2) is 8.12. The zero-order valence-electron chi connectivity index (χ0n) is 17.1. The fourth-order valence-electron chi connectivity index (χ4n) is 3.72. The van der Waals surface area contributed by atoms with Gasteiger partial charge in [0.05, 0.1) is 12.2 Å². The van der Waals surface area contributed by atoms with Crippen molar-refractivity contribution in [2.45, 2.75) is 50.8 Å². The molecular weight excluding hydrogens is 386 g/mol. The third-order valence-corrected chi connectivity index (χ3v) is 5.80. The lowest BCUT2D eigenvalue weighted by Gasteiger charge is -2.35. The van der Waals surface area contributed by atoms with Crippen molar-refractivity contribution in [1.82, 2.24) is 24.5 Å². The molecular formula is C21H25N5O2S. The van der Waals surface area contributed by atoms with E-state index >= 15 is 0 Å². The molecule has 4 rings (SSSR count). The molecule has 1 fully saturated rings. The fourth-order valence-corrected chi connectivity index (χ4v) is 4.54. The Balaban J connectivity index is 1.53. The van der Waals surface area contributed by atoms with Crippen LogP contribution in [0.5, 0.6) is 0 Å². The van der Waals surface area contributed by atoms with E-state index in [9.17, 15) is 4.79 Å². The van der Waals surface area contributed by atoms with Crippen LogP contribution in [0, 0.1) is 13.8 Å². The number of aryl methyl sites for hydroxylation is 2. The van der Waals surface area contributed by atoms with Gasteiger partial charge in [0, 0.05) is 35.8 Å². The van der Waals surface area contributed by atoms with E-state index in [2.05, 4.69) is 15.1 Å². The first-order valence-electron chi connectivity index (χ1n) is 9.77. The molecule has 0 spiro atoms. The van der Waals surface area contributed by atoms with Gasteiger partial charge in [-0.25, -0.2) is 9.50 Å². The van der Waals surface area contributed by atoms with Gasteiger partial charge < -0.3 is 9.64 Å². The molecule has 0 N–H and O–H groups in total. The molecule has 1 amide bonds. The van der Waals surface area contributed by atoms with E-state index in [-0.39, 0.29) is 18.1 Å². The summed E-state index contributed by atoms with van der Waals surface area (Å²) in [5, 5.41) is 5.20. The van der Waals surface area contributed by atoms with E-state index in [1.165, 1.54) is 11.8 Å². The molecule has 0 radical (unpaired) electrons. The SMILES string of the molecule is Cc1cc(C)n2nc(SCc3ccccc3C(=O)N3CC(C)OC(C)C3)nc2n1. The Hall–Kier alpha value is -2.45. The van der Waals surface area contributed by atoms with E-state index in [4.69, 9.17) is 4.74 Å². The van der Waals surface area contributed by atoms with Crippen molar-refractivity contribution in [2.75, 3.05) is 13.1 Å². The van der Waals surface area contributed by atoms with E-state index in [0.29, 0.717) is 29.8 Å². The van der Waals surface area contributed by atoms with Gasteiger partial charge in [0.25, 0.3) is 11.7 Å². The molecule has 7 nitrogen and oxygen atoms in total. The molecule has 0 aliphatic carbocycles. The Labute approximate surface area is 174 Å². The predicted molar refractivity (Wildman–Crippen MR) is 112 cm³/mol. The first-order chi connectivity index (χ1) is 13.9. The summed E-state index contributed by atoms with van der Waals surface area (Å²) in [6.07, 6.45) is 0.0937. The normalized spacial score (nSPS) is 19.7. The summed E-state index contributed by atoms with van der Waals surface area (Å²) in [4.78, 5) is 24.0. The Morgan fingerprint density at radius 1 is 1.17 bits per heavy atom. The number of hydrogen-bond donors (Lipinski definition) is 0. The van der Waals surface area contributed by atoms with Gasteiger partial charge in [-0.1, -0.05) is 30.0 Å². The van der Waals surface area contributed by atoms with Gasteiger partial charge >= 0.3 is 0 Å². The molecule has 2 aromatic heterocycles. The standard InChI is InChI=1S/C21H25N5O2S/c1-13-9-14(2)26-20(22-13)23-21(24-26)29-12-17-7-5-6-8-18(17)19(27)25-10-15(3)28-16(4)11-25/h5-9,15-16H,10-12H2,1-4H3. The van der Waals surface area contributed by atoms with Gasteiger partial charge in [0.1, 0.15) is 0 Å². The first-order valence-corrected chi connectivity index (χ1v) is 10.8. The Kier molecular flexibility index (Phi) is 5.56. The van der Waals surface area contributed by atoms with Gasteiger partial charge in [-0.2, -0.15) is 4.98 Å². The van der Waals surface area contributed by atoms with Crippen molar-refractivity contribution in [2.24, 2.45) is 0 Å². The number of aromatic nitrogens is 4. The highest BCUT2D eigenvalue weighted by Gasteiger charge is 2.27. The van der Waals surface area contributed by atoms with Gasteiger partial charge in [-0.15, -0.1) is 5.10 Å². The molecule has 2 atom stereocenters. The van der Waals surface area contributed by atoms with Crippen LogP contribution in [0.3, 0.4) is 0 Å². The average Bonchev–Trinajstić information content (AvgIpc) is 3.08. The Morgan fingerprint density at radius 2 is 1.90 bits per heavy atom. The number of benzene rings is 1. The second-order valence-electron chi connectivity index (χ2n) is 7.56. The smallest absolute Gasteiger partial charge is 0.254 e. The number of hydrogen-bond acceptors (Lipinski definition) is 6. The lowest BCUT2D eigenvalue weighted by atomic mass is 10.1. The van der Waals surface area contributed by atoms with Crippen LogP contribution < -0.4 is 0 Å². The van der Waals surface area contributed by atoms with Crippen molar-refractivity contribution in [1.29, 1.82) is 0 Å². The summed E-state index contributed by atoms with van der Waals surface area (Å²) >= 11 is 1.51. The summed E-state index contributed by atoms with van der Waals surface area (Å²) in [5.74, 6) is 1.27. The van der Waals surface area contributed by atoms with Crippen molar-refractivity contribution in [3.63, 3.8) is 0 Å². The predicted octanol–water partition coefficient (Wildman–Crippen LogP) is 3.28. The zero-order chi connectivity index (χ0) is 20.5. The van der Waals surface area contributed by atoms with Crippen LogP contribution in [0.15, 0.2) is 35.5 Å². The number of thioether (sulfide) groups is 1. The monoisotopic (exact) mass is 411 g/mol. The van der Waals surface area contributed by atoms with Crippen molar-refractivity contribution in [3.05, 3.63) is 52.8 Å². The fraction of sp³-hybridized carbons (Fsp3) is 0.429. The molecule has 3 heterocycles. The van der Waals surface area contributed by atoms with Crippen LogP contribution in [-0.2, 0) is 10.5 Å². The zero-order valence-corrected chi connectivity index (χ0v) is 17.9. The lowest BCUT2D eigenvalue weighted by molar-refractivity contribution is -0.0586. The van der Waals surface area contributed by atoms with Gasteiger partial charge in [0.2, 0.25) is 5.16 Å². The van der Waals surface area contributed by atoms with Crippen LogP contribution in [0.4, 0.5) is 0 Å². The maximum absolute atomic E-state index is 13.2. The van der Waals surface area contributed by atoms with E-state index in [1.54, 1.807) is 4.52 Å². The summed E-state index contributed by atoms with van der Waals surface area (Å²) < 4.78 is 7.51. The molecule has 3 aromatic rings. The van der Waals surface area contributed by atoms with Crippen LogP contribution in [0.2, 0.25) is 0 Å². The Morgan fingerprint density at radius 3 is 2.66 bits per heavy atom. The number of rotatable bonds is 4. The second-order valence-corrected chi connectivity index (χ2v) is 8.50. The van der Waals surface area contributed by atoms with Crippen LogP contribution in [0.1, 0.15) is 41.2 Å². The summed E-state index contributed by atoms with van der Waals surface area (Å²) in [6.45, 7) is 9.17. The third-order valence-electron chi connectivity index (χ3n) is 4.91. The molecule has 152 valence electrons. The van der Waals surface area contributed by atoms with E-state index < -0.39 is 0 Å². The maximum atomic E-state index is 13.2. The average molecular weight is 412 g/mol. The number of morpholine rings is 1. The minimum atomic E-state index is 0.0469. The minimum Gasteiger partial charge on any atom is -0.372 e. The number of amides is 1. The summed E-state index contributed by atoms with van der Waals surface area (Å²) in [5.41, 5.74) is 3.63. The highest BCUT2D eigenvalue weighted by molar-refractivity contribution is 7.98. The highest BCUT2D eigenvalue weighted by atomic mass is 32.2. The molecule has 0 bridgehead atoms. The Bertz CT molecular complexity index is 1040. The third kappa shape index (κ3) is 4.28. The molecule has 8 heteroatoms. The van der Waals surface area contributed by atoms with E-state index in [1.807, 2.05) is 62.9 Å². The van der Waals surface area contributed by atoms with Gasteiger partial charge in [-0.05, 0) is 45.4 Å². The minimum absolute atomic E-state index is 0.0469. The largest absolute Gasteiger partial charge is 0.372 e. The lowest BCUT2D eigenvalue weighted by Crippen LogP contribution is -2.48. The van der Waals surface area contributed by atoms with Crippen molar-refractivity contribution in [3.8, 4) is 0 Å². The molecule has 0 saturated carbocycles. The highest BCUT2D eigenvalue weighted by Crippen LogP contribution is 2.24.